The molecule has 0 amide bonds. The summed E-state index contributed by atoms with van der Waals surface area (Å²) in [6, 6.07) is 2.19. The van der Waals surface area contributed by atoms with E-state index in [9.17, 15) is 0 Å². The van der Waals surface area contributed by atoms with Crippen molar-refractivity contribution in [3.05, 3.63) is 0 Å². The van der Waals surface area contributed by atoms with Crippen LogP contribution in [-0.4, -0.2) is 25.0 Å². The van der Waals surface area contributed by atoms with Gasteiger partial charge >= 0.3 is 0 Å². The number of hydrogen-bond donors (Lipinski definition) is 0. The van der Waals surface area contributed by atoms with Crippen LogP contribution in [0.25, 0.3) is 0 Å². The average Bonchev–Trinajstić information content (AvgIpc) is 2.67. The zero-order valence-corrected chi connectivity index (χ0v) is 10.5. The number of nitriles is 1. The topological polar surface area (TPSA) is 27.0 Å². The minimum absolute atomic E-state index is 0.735. The predicted octanol–water partition coefficient (Wildman–Crippen LogP) is 3.29. The molecule has 1 heterocycles. The lowest BCUT2D eigenvalue weighted by molar-refractivity contribution is 0.389. The van der Waals surface area contributed by atoms with Crippen LogP contribution in [0, 0.1) is 17.2 Å². The van der Waals surface area contributed by atoms with Crippen LogP contribution in [0.1, 0.15) is 47.0 Å². The standard InChI is InChI=1S/C8H14N2.2C2H6/c1-10-6-4-8(7-10)3-2-5-9;2*1-2/h8H,2-4,6-7H2,1H3;2*1-2H3. The van der Waals surface area contributed by atoms with Crippen molar-refractivity contribution in [2.24, 2.45) is 5.92 Å². The minimum Gasteiger partial charge on any atom is -0.306 e. The SMILES string of the molecule is CC.CC.CN1CCC(CCC#N)C1. The second-order valence-corrected chi connectivity index (χ2v) is 3.11. The zero-order valence-electron chi connectivity index (χ0n) is 10.5. The van der Waals surface area contributed by atoms with Gasteiger partial charge in [-0.2, -0.15) is 5.26 Å². The van der Waals surface area contributed by atoms with Crippen molar-refractivity contribution >= 4 is 0 Å². The van der Waals surface area contributed by atoms with E-state index in [-0.39, 0.29) is 0 Å². The Labute approximate surface area is 89.9 Å². The summed E-state index contributed by atoms with van der Waals surface area (Å²) in [6.07, 6.45) is 3.12. The smallest absolute Gasteiger partial charge is 0.0621 e. The Morgan fingerprint density at radius 2 is 1.86 bits per heavy atom. The Balaban J connectivity index is 0. The van der Waals surface area contributed by atoms with Crippen LogP contribution in [0.3, 0.4) is 0 Å². The lowest BCUT2D eigenvalue weighted by Gasteiger charge is -2.06. The molecule has 0 spiro atoms. The van der Waals surface area contributed by atoms with Gasteiger partial charge in [0.05, 0.1) is 6.07 Å². The van der Waals surface area contributed by atoms with E-state index in [0.29, 0.717) is 0 Å². The molecule has 0 aromatic rings. The third-order valence-electron chi connectivity index (χ3n) is 2.15. The third kappa shape index (κ3) is 8.07. The highest BCUT2D eigenvalue weighted by atomic mass is 15.1. The molecule has 1 fully saturated rings. The van der Waals surface area contributed by atoms with E-state index >= 15 is 0 Å². The summed E-state index contributed by atoms with van der Waals surface area (Å²) in [5.41, 5.74) is 0. The number of likely N-dealkylation sites (tertiary alicyclic amines) is 1. The fraction of sp³-hybridized carbons (Fsp3) is 0.917. The Hall–Kier alpha value is -0.550. The number of rotatable bonds is 2. The maximum atomic E-state index is 8.33. The van der Waals surface area contributed by atoms with Crippen molar-refractivity contribution in [1.29, 1.82) is 5.26 Å². The van der Waals surface area contributed by atoms with Gasteiger partial charge < -0.3 is 4.90 Å². The molecular weight excluding hydrogens is 172 g/mol. The van der Waals surface area contributed by atoms with Crippen LogP contribution < -0.4 is 0 Å². The van der Waals surface area contributed by atoms with Gasteiger partial charge in [0.2, 0.25) is 0 Å². The van der Waals surface area contributed by atoms with Crippen molar-refractivity contribution in [3.8, 4) is 6.07 Å². The molecule has 14 heavy (non-hydrogen) atoms. The monoisotopic (exact) mass is 198 g/mol. The molecule has 1 aliphatic heterocycles. The first-order valence-electron chi connectivity index (χ1n) is 5.88. The summed E-state index contributed by atoms with van der Waals surface area (Å²) in [7, 11) is 2.15. The predicted molar refractivity (Wildman–Crippen MR) is 63.1 cm³/mol. The highest BCUT2D eigenvalue weighted by molar-refractivity contribution is 4.77. The van der Waals surface area contributed by atoms with Crippen LogP contribution in [0.15, 0.2) is 0 Å². The first-order valence-corrected chi connectivity index (χ1v) is 5.88. The van der Waals surface area contributed by atoms with Crippen molar-refractivity contribution in [1.82, 2.24) is 4.90 Å². The van der Waals surface area contributed by atoms with Crippen LogP contribution in [0.2, 0.25) is 0 Å². The number of hydrogen-bond acceptors (Lipinski definition) is 2. The van der Waals surface area contributed by atoms with Crippen molar-refractivity contribution in [3.63, 3.8) is 0 Å². The first kappa shape index (κ1) is 15.9. The van der Waals surface area contributed by atoms with E-state index in [4.69, 9.17) is 5.26 Å². The Kier molecular flexibility index (Phi) is 14.1. The van der Waals surface area contributed by atoms with Gasteiger partial charge in [-0.05, 0) is 32.4 Å². The summed E-state index contributed by atoms with van der Waals surface area (Å²) in [4.78, 5) is 2.34. The average molecular weight is 198 g/mol. The minimum atomic E-state index is 0.735. The molecule has 1 saturated heterocycles. The quantitative estimate of drug-likeness (QED) is 0.680. The highest BCUT2D eigenvalue weighted by Crippen LogP contribution is 2.18. The largest absolute Gasteiger partial charge is 0.306 e. The maximum absolute atomic E-state index is 8.33. The lowest BCUT2D eigenvalue weighted by Crippen LogP contribution is -2.13. The second kappa shape index (κ2) is 12.4. The van der Waals surface area contributed by atoms with Gasteiger partial charge in [0, 0.05) is 13.0 Å². The highest BCUT2D eigenvalue weighted by Gasteiger charge is 2.18. The molecule has 1 rings (SSSR count). The van der Waals surface area contributed by atoms with Crippen LogP contribution in [0.4, 0.5) is 0 Å². The van der Waals surface area contributed by atoms with E-state index < -0.39 is 0 Å². The van der Waals surface area contributed by atoms with E-state index in [0.717, 1.165) is 18.8 Å². The van der Waals surface area contributed by atoms with Crippen LogP contribution in [0.5, 0.6) is 0 Å². The zero-order chi connectivity index (χ0) is 11.4. The van der Waals surface area contributed by atoms with E-state index in [1.807, 2.05) is 27.7 Å². The van der Waals surface area contributed by atoms with Crippen molar-refractivity contribution in [2.75, 3.05) is 20.1 Å². The van der Waals surface area contributed by atoms with Gasteiger partial charge in [0.15, 0.2) is 0 Å². The fourth-order valence-electron chi connectivity index (χ4n) is 1.53. The molecule has 84 valence electrons. The van der Waals surface area contributed by atoms with E-state index in [1.165, 1.54) is 19.5 Å². The Bertz CT molecular complexity index is 138. The molecule has 2 nitrogen and oxygen atoms in total. The van der Waals surface area contributed by atoms with Gasteiger partial charge in [-0.25, -0.2) is 0 Å². The van der Waals surface area contributed by atoms with Gasteiger partial charge in [-0.1, -0.05) is 27.7 Å². The molecule has 1 unspecified atom stereocenters. The first-order chi connectivity index (χ1) is 6.83. The molecule has 0 aliphatic carbocycles. The molecule has 0 bridgehead atoms. The summed E-state index contributed by atoms with van der Waals surface area (Å²) in [5, 5.41) is 8.33. The summed E-state index contributed by atoms with van der Waals surface area (Å²) in [6.45, 7) is 10.4. The van der Waals surface area contributed by atoms with E-state index in [1.54, 1.807) is 0 Å². The maximum Gasteiger partial charge on any atom is 0.0621 e. The third-order valence-corrected chi connectivity index (χ3v) is 2.15. The van der Waals surface area contributed by atoms with Crippen molar-refractivity contribution in [2.45, 2.75) is 47.0 Å². The molecule has 0 radical (unpaired) electrons. The van der Waals surface area contributed by atoms with Crippen molar-refractivity contribution < 1.29 is 0 Å². The molecular formula is C12H26N2. The number of nitrogens with zero attached hydrogens (tertiary/aromatic N) is 2. The molecule has 1 aliphatic rings. The second-order valence-electron chi connectivity index (χ2n) is 3.11. The van der Waals surface area contributed by atoms with Gasteiger partial charge in [0.25, 0.3) is 0 Å². The van der Waals surface area contributed by atoms with Gasteiger partial charge in [-0.3, -0.25) is 0 Å². The molecule has 0 aromatic carbocycles. The Morgan fingerprint density at radius 1 is 1.29 bits per heavy atom. The van der Waals surface area contributed by atoms with Crippen LogP contribution >= 0.6 is 0 Å². The lowest BCUT2D eigenvalue weighted by atomic mass is 10.0. The van der Waals surface area contributed by atoms with Gasteiger partial charge in [0.1, 0.15) is 0 Å². The molecule has 1 atom stereocenters. The summed E-state index contributed by atoms with van der Waals surface area (Å²) >= 11 is 0. The molecule has 0 N–H and O–H groups in total. The molecule has 0 saturated carbocycles. The fourth-order valence-corrected chi connectivity index (χ4v) is 1.53. The Morgan fingerprint density at radius 3 is 2.21 bits per heavy atom. The van der Waals surface area contributed by atoms with E-state index in [2.05, 4.69) is 18.0 Å². The molecule has 0 aromatic heterocycles. The normalized spacial score (nSPS) is 19.9. The molecule has 2 heteroatoms. The summed E-state index contributed by atoms with van der Waals surface area (Å²) < 4.78 is 0. The van der Waals surface area contributed by atoms with Crippen LogP contribution in [-0.2, 0) is 0 Å². The summed E-state index contributed by atoms with van der Waals surface area (Å²) in [5.74, 6) is 0.796. The van der Waals surface area contributed by atoms with Gasteiger partial charge in [-0.15, -0.1) is 0 Å².